The number of fused-ring (bicyclic) bond motifs is 1. The molecule has 0 atom stereocenters. The van der Waals surface area contributed by atoms with Crippen LogP contribution < -0.4 is 0 Å². The number of para-hydroxylation sites is 2. The lowest BCUT2D eigenvalue weighted by molar-refractivity contribution is 1.29. The molecule has 2 nitrogen and oxygen atoms in total. The Bertz CT molecular complexity index is 647. The molecule has 0 bridgehead atoms. The fourth-order valence-corrected chi connectivity index (χ4v) is 1.98. The molecule has 1 heterocycles. The monoisotopic (exact) mass is 222 g/mol. The molecule has 0 aliphatic carbocycles. The third-order valence-corrected chi connectivity index (χ3v) is 3.17. The zero-order valence-electron chi connectivity index (χ0n) is 9.99. The molecule has 0 aliphatic heterocycles. The van der Waals surface area contributed by atoms with Gasteiger partial charge in [0.25, 0.3) is 0 Å². The number of rotatable bonds is 1. The van der Waals surface area contributed by atoms with E-state index >= 15 is 0 Å². The number of imidazole rings is 1. The lowest BCUT2D eigenvalue weighted by Gasteiger charge is -2.02. The minimum atomic E-state index is 0.939. The molecule has 1 aromatic heterocycles. The molecule has 0 amide bonds. The number of aromatic nitrogens is 2. The number of hydrogen-bond acceptors (Lipinski definition) is 1. The highest BCUT2D eigenvalue weighted by Gasteiger charge is 2.05. The van der Waals surface area contributed by atoms with E-state index in [1.807, 2.05) is 24.3 Å². The van der Waals surface area contributed by atoms with E-state index in [4.69, 9.17) is 0 Å². The van der Waals surface area contributed by atoms with E-state index in [9.17, 15) is 0 Å². The summed E-state index contributed by atoms with van der Waals surface area (Å²) in [7, 11) is 0. The summed E-state index contributed by atoms with van der Waals surface area (Å²) >= 11 is 0. The average Bonchev–Trinajstić information content (AvgIpc) is 2.76. The first kappa shape index (κ1) is 10.1. The summed E-state index contributed by atoms with van der Waals surface area (Å²) in [5.74, 6) is 0.939. The van der Waals surface area contributed by atoms with Gasteiger partial charge in [-0.05, 0) is 43.2 Å². The Morgan fingerprint density at radius 1 is 0.941 bits per heavy atom. The van der Waals surface area contributed by atoms with Crippen molar-refractivity contribution < 1.29 is 0 Å². The van der Waals surface area contributed by atoms with Crippen molar-refractivity contribution in [2.75, 3.05) is 0 Å². The average molecular weight is 222 g/mol. The third kappa shape index (κ3) is 1.72. The van der Waals surface area contributed by atoms with E-state index in [0.717, 1.165) is 22.4 Å². The van der Waals surface area contributed by atoms with Gasteiger partial charge in [-0.1, -0.05) is 24.3 Å². The summed E-state index contributed by atoms with van der Waals surface area (Å²) in [5.41, 5.74) is 5.85. The molecule has 3 rings (SSSR count). The molecule has 84 valence electrons. The van der Waals surface area contributed by atoms with Crippen LogP contribution >= 0.6 is 0 Å². The van der Waals surface area contributed by atoms with Gasteiger partial charge in [-0.15, -0.1) is 0 Å². The van der Waals surface area contributed by atoms with E-state index in [2.05, 4.69) is 42.0 Å². The van der Waals surface area contributed by atoms with Crippen molar-refractivity contribution >= 4 is 11.0 Å². The van der Waals surface area contributed by atoms with Crippen LogP contribution in [0, 0.1) is 13.8 Å². The van der Waals surface area contributed by atoms with Crippen molar-refractivity contribution in [1.29, 1.82) is 0 Å². The van der Waals surface area contributed by atoms with Gasteiger partial charge in [-0.2, -0.15) is 0 Å². The Balaban J connectivity index is 2.17. The molecule has 2 aromatic carbocycles. The molecule has 3 aromatic rings. The number of nitrogens with one attached hydrogen (secondary N) is 1. The van der Waals surface area contributed by atoms with Crippen molar-refractivity contribution in [2.45, 2.75) is 13.8 Å². The van der Waals surface area contributed by atoms with Gasteiger partial charge in [-0.3, -0.25) is 0 Å². The Morgan fingerprint density at radius 2 is 1.76 bits per heavy atom. The molecule has 1 N–H and O–H groups in total. The van der Waals surface area contributed by atoms with Gasteiger partial charge in [0, 0.05) is 5.56 Å². The standard InChI is InChI=1S/C15H14N2/c1-10-7-8-12(9-11(10)2)15-16-13-5-3-4-6-14(13)17-15/h3-9H,1-2H3,(H,16,17). The Hall–Kier alpha value is -2.09. The van der Waals surface area contributed by atoms with E-state index in [0.29, 0.717) is 0 Å². The predicted octanol–water partition coefficient (Wildman–Crippen LogP) is 3.85. The maximum atomic E-state index is 4.60. The first-order chi connectivity index (χ1) is 8.24. The second-order valence-electron chi connectivity index (χ2n) is 4.40. The van der Waals surface area contributed by atoms with Gasteiger partial charge in [0.2, 0.25) is 0 Å². The van der Waals surface area contributed by atoms with Crippen LogP contribution in [0.5, 0.6) is 0 Å². The van der Waals surface area contributed by atoms with E-state index in [-0.39, 0.29) is 0 Å². The van der Waals surface area contributed by atoms with Crippen LogP contribution in [-0.2, 0) is 0 Å². The summed E-state index contributed by atoms with van der Waals surface area (Å²) in [6.07, 6.45) is 0. The van der Waals surface area contributed by atoms with Crippen molar-refractivity contribution in [3.05, 3.63) is 53.6 Å². The molecule has 0 saturated heterocycles. The lowest BCUT2D eigenvalue weighted by Crippen LogP contribution is -1.84. The third-order valence-electron chi connectivity index (χ3n) is 3.17. The fraction of sp³-hybridized carbons (Fsp3) is 0.133. The summed E-state index contributed by atoms with van der Waals surface area (Å²) in [6.45, 7) is 4.25. The van der Waals surface area contributed by atoms with Gasteiger partial charge < -0.3 is 4.98 Å². The maximum absolute atomic E-state index is 4.60. The minimum Gasteiger partial charge on any atom is -0.338 e. The van der Waals surface area contributed by atoms with Crippen LogP contribution in [0.15, 0.2) is 42.5 Å². The minimum absolute atomic E-state index is 0.939. The zero-order chi connectivity index (χ0) is 11.8. The molecule has 2 heteroatoms. The summed E-state index contributed by atoms with van der Waals surface area (Å²) < 4.78 is 0. The van der Waals surface area contributed by atoms with Crippen LogP contribution in [0.4, 0.5) is 0 Å². The molecule has 0 saturated carbocycles. The van der Waals surface area contributed by atoms with Gasteiger partial charge >= 0.3 is 0 Å². The fourth-order valence-electron chi connectivity index (χ4n) is 1.98. The Labute approximate surface area is 100 Å². The highest BCUT2D eigenvalue weighted by molar-refractivity contribution is 5.79. The molecule has 0 unspecified atom stereocenters. The SMILES string of the molecule is Cc1ccc(-c2nc3ccccc3[nH]2)cc1C. The molecule has 0 fully saturated rings. The number of hydrogen-bond donors (Lipinski definition) is 1. The first-order valence-corrected chi connectivity index (χ1v) is 5.76. The zero-order valence-corrected chi connectivity index (χ0v) is 9.99. The number of H-pyrrole nitrogens is 1. The van der Waals surface area contributed by atoms with Gasteiger partial charge in [0.05, 0.1) is 11.0 Å². The molecule has 0 aliphatic rings. The predicted molar refractivity (Wildman–Crippen MR) is 71.0 cm³/mol. The summed E-state index contributed by atoms with van der Waals surface area (Å²) in [6, 6.07) is 14.5. The Morgan fingerprint density at radius 3 is 2.53 bits per heavy atom. The second kappa shape index (κ2) is 3.74. The van der Waals surface area contributed by atoms with Crippen molar-refractivity contribution in [2.24, 2.45) is 0 Å². The molecule has 0 spiro atoms. The largest absolute Gasteiger partial charge is 0.338 e. The maximum Gasteiger partial charge on any atom is 0.138 e. The second-order valence-corrected chi connectivity index (χ2v) is 4.40. The number of benzene rings is 2. The smallest absolute Gasteiger partial charge is 0.138 e. The normalized spacial score (nSPS) is 10.9. The van der Waals surface area contributed by atoms with E-state index in [1.54, 1.807) is 0 Å². The van der Waals surface area contributed by atoms with Crippen LogP contribution in [0.1, 0.15) is 11.1 Å². The van der Waals surface area contributed by atoms with E-state index in [1.165, 1.54) is 11.1 Å². The van der Waals surface area contributed by atoms with Gasteiger partial charge in [0.15, 0.2) is 0 Å². The number of nitrogens with zero attached hydrogens (tertiary/aromatic N) is 1. The Kier molecular flexibility index (Phi) is 2.22. The van der Waals surface area contributed by atoms with Gasteiger partial charge in [-0.25, -0.2) is 4.98 Å². The lowest BCUT2D eigenvalue weighted by atomic mass is 10.1. The molecule has 0 radical (unpaired) electrons. The topological polar surface area (TPSA) is 28.7 Å². The van der Waals surface area contributed by atoms with Crippen LogP contribution in [0.3, 0.4) is 0 Å². The summed E-state index contributed by atoms with van der Waals surface area (Å²) in [4.78, 5) is 7.95. The van der Waals surface area contributed by atoms with Crippen molar-refractivity contribution in [1.82, 2.24) is 9.97 Å². The van der Waals surface area contributed by atoms with E-state index < -0.39 is 0 Å². The first-order valence-electron chi connectivity index (χ1n) is 5.76. The van der Waals surface area contributed by atoms with Crippen LogP contribution in [0.25, 0.3) is 22.4 Å². The van der Waals surface area contributed by atoms with Gasteiger partial charge in [0.1, 0.15) is 5.82 Å². The van der Waals surface area contributed by atoms with Crippen molar-refractivity contribution in [3.8, 4) is 11.4 Å². The highest BCUT2D eigenvalue weighted by atomic mass is 14.9. The highest BCUT2D eigenvalue weighted by Crippen LogP contribution is 2.22. The quantitative estimate of drug-likeness (QED) is 0.665. The van der Waals surface area contributed by atoms with Crippen LogP contribution in [0.2, 0.25) is 0 Å². The molecular formula is C15H14N2. The number of aromatic amines is 1. The molecule has 17 heavy (non-hydrogen) atoms. The molecular weight excluding hydrogens is 208 g/mol. The summed E-state index contributed by atoms with van der Waals surface area (Å²) in [5, 5.41) is 0. The van der Waals surface area contributed by atoms with Crippen LogP contribution in [-0.4, -0.2) is 9.97 Å². The van der Waals surface area contributed by atoms with Crippen molar-refractivity contribution in [3.63, 3.8) is 0 Å². The number of aryl methyl sites for hydroxylation is 2.